The lowest BCUT2D eigenvalue weighted by atomic mass is 9.50. The van der Waals surface area contributed by atoms with Gasteiger partial charge in [-0.2, -0.15) is 0 Å². The van der Waals surface area contributed by atoms with Crippen molar-refractivity contribution in [3.05, 3.63) is 72.5 Å². The fourth-order valence-corrected chi connectivity index (χ4v) is 2.39. The van der Waals surface area contributed by atoms with Gasteiger partial charge in [0.05, 0.1) is 7.11 Å². The van der Waals surface area contributed by atoms with Crippen molar-refractivity contribution in [2.45, 2.75) is 0 Å². The van der Waals surface area contributed by atoms with Gasteiger partial charge in [0.25, 0.3) is 0 Å². The van der Waals surface area contributed by atoms with Crippen molar-refractivity contribution in [3.63, 3.8) is 0 Å². The molecule has 0 N–H and O–H groups in total. The van der Waals surface area contributed by atoms with E-state index in [9.17, 15) is 0 Å². The molecule has 0 saturated heterocycles. The standard InChI is InChI=1S/C15H14BNO/c1-18-15-9-3-2-7-13(15)14-8-6-12-17-11-5-4-10-16(14)17/h2-12H,1H3. The zero-order chi connectivity index (χ0) is 12.4. The van der Waals surface area contributed by atoms with Gasteiger partial charge in [-0.1, -0.05) is 36.3 Å². The molecule has 0 fully saturated rings. The molecule has 0 amide bonds. The average molecular weight is 235 g/mol. The molecule has 2 heterocycles. The van der Waals surface area contributed by atoms with E-state index in [4.69, 9.17) is 4.74 Å². The Bertz CT molecular complexity index is 572. The number of para-hydroxylation sites is 1. The number of hydrogen-bond donors (Lipinski definition) is 0. The van der Waals surface area contributed by atoms with Crippen molar-refractivity contribution < 1.29 is 4.74 Å². The van der Waals surface area contributed by atoms with Gasteiger partial charge in [-0.15, -0.1) is 0 Å². The molecule has 0 unspecified atom stereocenters. The number of rotatable bonds is 2. The third-order valence-electron chi connectivity index (χ3n) is 3.25. The van der Waals surface area contributed by atoms with Gasteiger partial charge in [0, 0.05) is 5.56 Å². The summed E-state index contributed by atoms with van der Waals surface area (Å²) >= 11 is 0. The molecule has 88 valence electrons. The third kappa shape index (κ3) is 1.78. The molecular weight excluding hydrogens is 221 g/mol. The van der Waals surface area contributed by atoms with Crippen LogP contribution < -0.4 is 4.74 Å². The van der Waals surface area contributed by atoms with Gasteiger partial charge < -0.3 is 9.55 Å². The Hall–Kier alpha value is -2.16. The number of allylic oxidation sites excluding steroid dienone is 4. The highest BCUT2D eigenvalue weighted by molar-refractivity contribution is 6.82. The van der Waals surface area contributed by atoms with Crippen molar-refractivity contribution >= 4 is 12.3 Å². The van der Waals surface area contributed by atoms with E-state index in [1.165, 1.54) is 5.47 Å². The highest BCUT2D eigenvalue weighted by Crippen LogP contribution is 2.31. The summed E-state index contributed by atoms with van der Waals surface area (Å²) in [5, 5.41) is 0. The van der Waals surface area contributed by atoms with Crippen LogP contribution in [0.5, 0.6) is 5.75 Å². The Morgan fingerprint density at radius 2 is 1.89 bits per heavy atom. The number of ether oxygens (including phenoxy) is 1. The molecule has 18 heavy (non-hydrogen) atoms. The molecule has 0 aliphatic carbocycles. The predicted molar refractivity (Wildman–Crippen MR) is 76.0 cm³/mol. The molecule has 2 aliphatic rings. The van der Waals surface area contributed by atoms with Crippen LogP contribution in [-0.4, -0.2) is 18.8 Å². The molecule has 0 saturated carbocycles. The fraction of sp³-hybridized carbons (Fsp3) is 0.0667. The van der Waals surface area contributed by atoms with Crippen LogP contribution in [0.3, 0.4) is 0 Å². The topological polar surface area (TPSA) is 12.5 Å². The van der Waals surface area contributed by atoms with Crippen molar-refractivity contribution in [3.8, 4) is 5.75 Å². The van der Waals surface area contributed by atoms with Crippen LogP contribution in [0.25, 0.3) is 5.47 Å². The average Bonchev–Trinajstić information content (AvgIpc) is 2.46. The summed E-state index contributed by atoms with van der Waals surface area (Å²) in [7, 11) is 1.71. The minimum absolute atomic E-state index is 0.260. The summed E-state index contributed by atoms with van der Waals surface area (Å²) in [6.07, 6.45) is 12.5. The monoisotopic (exact) mass is 235 g/mol. The second kappa shape index (κ2) is 4.61. The Morgan fingerprint density at radius 3 is 2.78 bits per heavy atom. The molecule has 0 radical (unpaired) electrons. The van der Waals surface area contributed by atoms with Crippen LogP contribution in [0.1, 0.15) is 5.56 Å². The van der Waals surface area contributed by atoms with Crippen LogP contribution in [0.4, 0.5) is 0 Å². The van der Waals surface area contributed by atoms with Crippen molar-refractivity contribution in [1.29, 1.82) is 0 Å². The summed E-state index contributed by atoms with van der Waals surface area (Å²) in [4.78, 5) is 2.20. The third-order valence-corrected chi connectivity index (χ3v) is 3.25. The second-order valence-corrected chi connectivity index (χ2v) is 4.28. The van der Waals surface area contributed by atoms with Crippen molar-refractivity contribution in [1.82, 2.24) is 4.81 Å². The van der Waals surface area contributed by atoms with Gasteiger partial charge in [-0.05, 0) is 36.1 Å². The molecule has 0 bridgehead atoms. The van der Waals surface area contributed by atoms with Gasteiger partial charge in [0.2, 0.25) is 0 Å². The first-order valence-electron chi connectivity index (χ1n) is 6.04. The summed E-state index contributed by atoms with van der Waals surface area (Å²) in [6.45, 7) is 0.260. The summed E-state index contributed by atoms with van der Waals surface area (Å²) in [5.74, 6) is 3.11. The Labute approximate surface area is 108 Å². The maximum absolute atomic E-state index is 5.45. The van der Waals surface area contributed by atoms with E-state index in [1.54, 1.807) is 7.11 Å². The normalized spacial score (nSPS) is 16.6. The van der Waals surface area contributed by atoms with Gasteiger partial charge in [-0.3, -0.25) is 0 Å². The number of nitrogens with zero attached hydrogens (tertiary/aromatic N) is 1. The van der Waals surface area contributed by atoms with Crippen LogP contribution in [0, 0.1) is 0 Å². The van der Waals surface area contributed by atoms with Crippen LogP contribution in [0.2, 0.25) is 0 Å². The van der Waals surface area contributed by atoms with Crippen LogP contribution in [0.15, 0.2) is 66.9 Å². The van der Waals surface area contributed by atoms with Gasteiger partial charge in [0.15, 0.2) is 0 Å². The molecule has 2 aliphatic heterocycles. The molecular formula is C15H14BNO. The number of methoxy groups -OCH3 is 1. The van der Waals surface area contributed by atoms with E-state index in [1.807, 2.05) is 24.3 Å². The Kier molecular flexibility index (Phi) is 2.81. The molecule has 2 nitrogen and oxygen atoms in total. The minimum Gasteiger partial charge on any atom is -0.496 e. The van der Waals surface area contributed by atoms with Gasteiger partial charge in [-0.25, -0.2) is 0 Å². The lowest BCUT2D eigenvalue weighted by molar-refractivity contribution is 0.413. The molecule has 1 aromatic rings. The molecule has 0 spiro atoms. The first-order valence-corrected chi connectivity index (χ1v) is 6.04. The van der Waals surface area contributed by atoms with E-state index < -0.39 is 0 Å². The van der Waals surface area contributed by atoms with Gasteiger partial charge >= 0.3 is 6.85 Å². The van der Waals surface area contributed by atoms with E-state index in [-0.39, 0.29) is 6.85 Å². The lowest BCUT2D eigenvalue weighted by Gasteiger charge is -2.29. The summed E-state index contributed by atoms with van der Waals surface area (Å²) in [5.41, 5.74) is 2.41. The predicted octanol–water partition coefficient (Wildman–Crippen LogP) is 3.06. The largest absolute Gasteiger partial charge is 0.496 e. The molecule has 1 aromatic carbocycles. The highest BCUT2D eigenvalue weighted by atomic mass is 16.5. The van der Waals surface area contributed by atoms with Crippen molar-refractivity contribution in [2.75, 3.05) is 7.11 Å². The van der Waals surface area contributed by atoms with E-state index >= 15 is 0 Å². The van der Waals surface area contributed by atoms with Gasteiger partial charge in [0.1, 0.15) is 5.75 Å². The maximum Gasteiger partial charge on any atom is 0.320 e. The quantitative estimate of drug-likeness (QED) is 0.730. The number of hydrogen-bond acceptors (Lipinski definition) is 2. The first-order chi connectivity index (χ1) is 8.90. The van der Waals surface area contributed by atoms with Crippen LogP contribution >= 0.6 is 0 Å². The first kappa shape index (κ1) is 11.0. The second-order valence-electron chi connectivity index (χ2n) is 4.28. The number of fused-ring (bicyclic) bond motifs is 1. The fourth-order valence-electron chi connectivity index (χ4n) is 2.39. The van der Waals surface area contributed by atoms with E-state index in [2.05, 4.69) is 47.5 Å². The Balaban J connectivity index is 2.05. The van der Waals surface area contributed by atoms with Crippen LogP contribution in [-0.2, 0) is 0 Å². The zero-order valence-corrected chi connectivity index (χ0v) is 10.3. The Morgan fingerprint density at radius 1 is 1.06 bits per heavy atom. The van der Waals surface area contributed by atoms with E-state index in [0.717, 1.165) is 11.3 Å². The lowest BCUT2D eigenvalue weighted by Crippen LogP contribution is -2.34. The van der Waals surface area contributed by atoms with Crippen molar-refractivity contribution in [2.24, 2.45) is 0 Å². The molecule has 3 rings (SSSR count). The molecule has 0 aromatic heterocycles. The smallest absolute Gasteiger partial charge is 0.320 e. The summed E-state index contributed by atoms with van der Waals surface area (Å²) in [6, 6.07) is 8.15. The minimum atomic E-state index is 0.260. The molecule has 3 heteroatoms. The summed E-state index contributed by atoms with van der Waals surface area (Å²) < 4.78 is 5.45. The zero-order valence-electron chi connectivity index (χ0n) is 10.3. The maximum atomic E-state index is 5.45. The SMILES string of the molecule is COc1ccccc1C1=CC=CN2C=CC=CB12. The highest BCUT2D eigenvalue weighted by Gasteiger charge is 2.27. The number of benzene rings is 1. The van der Waals surface area contributed by atoms with E-state index in [0.29, 0.717) is 0 Å². The molecule has 0 atom stereocenters.